The first kappa shape index (κ1) is 21.1. The predicted octanol–water partition coefficient (Wildman–Crippen LogP) is 2.71. The van der Waals surface area contributed by atoms with E-state index in [9.17, 15) is 9.59 Å². The van der Waals surface area contributed by atoms with Crippen molar-refractivity contribution >= 4 is 40.0 Å². The summed E-state index contributed by atoms with van der Waals surface area (Å²) in [5, 5.41) is 5.91. The Labute approximate surface area is 195 Å². The van der Waals surface area contributed by atoms with E-state index in [0.29, 0.717) is 43.4 Å². The number of nitrogens with one attached hydrogen (secondary N) is 2. The SMILES string of the molecule is O=C(NC(Cc1c[nH]c2ccccc12)C(=O)N1CCN(c2ncccn2)CC1)c1cccs1. The van der Waals surface area contributed by atoms with Crippen molar-refractivity contribution in [3.63, 3.8) is 0 Å². The molecule has 0 spiro atoms. The Hall–Kier alpha value is -3.72. The number of piperazine rings is 1. The molecule has 1 saturated heterocycles. The molecule has 0 bridgehead atoms. The lowest BCUT2D eigenvalue weighted by molar-refractivity contribution is -0.133. The van der Waals surface area contributed by atoms with Gasteiger partial charge in [-0.15, -0.1) is 11.3 Å². The number of aromatic amines is 1. The normalized spacial score (nSPS) is 14.9. The van der Waals surface area contributed by atoms with Gasteiger partial charge in [0.05, 0.1) is 4.88 Å². The van der Waals surface area contributed by atoms with Crippen LogP contribution >= 0.6 is 11.3 Å². The van der Waals surface area contributed by atoms with Gasteiger partial charge in [-0.05, 0) is 29.1 Å². The Balaban J connectivity index is 1.33. The first-order valence-electron chi connectivity index (χ1n) is 10.9. The molecule has 33 heavy (non-hydrogen) atoms. The average molecular weight is 461 g/mol. The van der Waals surface area contributed by atoms with Crippen LogP contribution in [0.15, 0.2) is 66.4 Å². The molecule has 3 aromatic heterocycles. The molecule has 0 radical (unpaired) electrons. The standard InChI is InChI=1S/C24H24N6O2S/c31-22(21-7-3-14-33-21)28-20(15-17-16-27-19-6-2-1-5-18(17)19)23(32)29-10-12-30(13-11-29)24-25-8-4-9-26-24/h1-9,14,16,20,27H,10-13,15H2,(H,28,31). The molecule has 4 aromatic rings. The number of fused-ring (bicyclic) bond motifs is 1. The van der Waals surface area contributed by atoms with Gasteiger partial charge in [0.15, 0.2) is 0 Å². The molecule has 1 aliphatic heterocycles. The van der Waals surface area contributed by atoms with E-state index in [-0.39, 0.29) is 11.8 Å². The van der Waals surface area contributed by atoms with Gasteiger partial charge in [-0.25, -0.2) is 9.97 Å². The average Bonchev–Trinajstić information content (AvgIpc) is 3.55. The van der Waals surface area contributed by atoms with Gasteiger partial charge in [0.1, 0.15) is 6.04 Å². The number of amides is 2. The summed E-state index contributed by atoms with van der Waals surface area (Å²) in [6, 6.07) is 12.7. The second kappa shape index (κ2) is 9.41. The van der Waals surface area contributed by atoms with Gasteiger partial charge in [0, 0.05) is 62.1 Å². The predicted molar refractivity (Wildman–Crippen MR) is 128 cm³/mol. The Morgan fingerprint density at radius 1 is 1.03 bits per heavy atom. The highest BCUT2D eigenvalue weighted by Crippen LogP contribution is 2.21. The molecule has 2 amide bonds. The highest BCUT2D eigenvalue weighted by Gasteiger charge is 2.30. The fourth-order valence-corrected chi connectivity index (χ4v) is 4.79. The zero-order valence-electron chi connectivity index (χ0n) is 18.0. The van der Waals surface area contributed by atoms with E-state index in [1.165, 1.54) is 11.3 Å². The van der Waals surface area contributed by atoms with Crippen LogP contribution in [0.4, 0.5) is 5.95 Å². The number of anilines is 1. The molecule has 9 heteroatoms. The quantitative estimate of drug-likeness (QED) is 0.461. The number of carbonyl (C=O) groups excluding carboxylic acids is 2. The summed E-state index contributed by atoms with van der Waals surface area (Å²) in [5.41, 5.74) is 2.02. The zero-order valence-corrected chi connectivity index (χ0v) is 18.8. The lowest BCUT2D eigenvalue weighted by Crippen LogP contribution is -2.55. The van der Waals surface area contributed by atoms with Crippen LogP contribution in [0.1, 0.15) is 15.2 Å². The summed E-state index contributed by atoms with van der Waals surface area (Å²) < 4.78 is 0. The van der Waals surface area contributed by atoms with E-state index in [0.717, 1.165) is 16.5 Å². The number of thiophene rings is 1. The Morgan fingerprint density at radius 2 is 1.82 bits per heavy atom. The lowest BCUT2D eigenvalue weighted by atomic mass is 10.0. The van der Waals surface area contributed by atoms with Gasteiger partial charge in [-0.2, -0.15) is 0 Å². The Bertz CT molecular complexity index is 1230. The highest BCUT2D eigenvalue weighted by atomic mass is 32.1. The van der Waals surface area contributed by atoms with Crippen LogP contribution in [0, 0.1) is 0 Å². The van der Waals surface area contributed by atoms with Gasteiger partial charge in [-0.3, -0.25) is 9.59 Å². The van der Waals surface area contributed by atoms with E-state index in [1.807, 2.05) is 46.8 Å². The van der Waals surface area contributed by atoms with Crippen molar-refractivity contribution in [3.05, 3.63) is 76.9 Å². The van der Waals surface area contributed by atoms with Crippen molar-refractivity contribution < 1.29 is 9.59 Å². The van der Waals surface area contributed by atoms with Crippen LogP contribution in [0.2, 0.25) is 0 Å². The number of hydrogen-bond acceptors (Lipinski definition) is 6. The molecule has 5 rings (SSSR count). The molecular weight excluding hydrogens is 436 g/mol. The summed E-state index contributed by atoms with van der Waals surface area (Å²) in [4.78, 5) is 42.8. The minimum Gasteiger partial charge on any atom is -0.361 e. The molecule has 168 valence electrons. The van der Waals surface area contributed by atoms with Gasteiger partial charge in [0.25, 0.3) is 5.91 Å². The molecule has 0 saturated carbocycles. The number of hydrogen-bond donors (Lipinski definition) is 2. The fraction of sp³-hybridized carbons (Fsp3) is 0.250. The van der Waals surface area contributed by atoms with Gasteiger partial charge in [0.2, 0.25) is 11.9 Å². The van der Waals surface area contributed by atoms with Crippen LogP contribution in [-0.2, 0) is 11.2 Å². The van der Waals surface area contributed by atoms with Crippen molar-refractivity contribution in [2.24, 2.45) is 0 Å². The third kappa shape index (κ3) is 4.58. The first-order valence-corrected chi connectivity index (χ1v) is 11.8. The smallest absolute Gasteiger partial charge is 0.262 e. The monoisotopic (exact) mass is 460 g/mol. The van der Waals surface area contributed by atoms with Crippen molar-refractivity contribution in [2.45, 2.75) is 12.5 Å². The number of aromatic nitrogens is 3. The molecule has 8 nitrogen and oxygen atoms in total. The molecule has 1 atom stereocenters. The Morgan fingerprint density at radius 3 is 2.58 bits per heavy atom. The van der Waals surface area contributed by atoms with Crippen LogP contribution < -0.4 is 10.2 Å². The molecule has 1 unspecified atom stereocenters. The van der Waals surface area contributed by atoms with Crippen LogP contribution in [0.25, 0.3) is 10.9 Å². The third-order valence-corrected chi connectivity index (χ3v) is 6.74. The van der Waals surface area contributed by atoms with E-state index in [4.69, 9.17) is 0 Å². The van der Waals surface area contributed by atoms with Gasteiger partial charge >= 0.3 is 0 Å². The topological polar surface area (TPSA) is 94.2 Å². The van der Waals surface area contributed by atoms with Crippen molar-refractivity contribution in [1.29, 1.82) is 0 Å². The second-order valence-corrected chi connectivity index (χ2v) is 8.88. The fourth-order valence-electron chi connectivity index (χ4n) is 4.16. The van der Waals surface area contributed by atoms with E-state index >= 15 is 0 Å². The number of nitrogens with zero attached hydrogens (tertiary/aromatic N) is 4. The van der Waals surface area contributed by atoms with Crippen LogP contribution in [-0.4, -0.2) is 63.9 Å². The van der Waals surface area contributed by atoms with Crippen LogP contribution in [0.3, 0.4) is 0 Å². The first-order chi connectivity index (χ1) is 16.2. The largest absolute Gasteiger partial charge is 0.361 e. The van der Waals surface area contributed by atoms with E-state index < -0.39 is 6.04 Å². The van der Waals surface area contributed by atoms with Crippen molar-refractivity contribution in [2.75, 3.05) is 31.1 Å². The highest BCUT2D eigenvalue weighted by molar-refractivity contribution is 7.12. The summed E-state index contributed by atoms with van der Waals surface area (Å²) in [7, 11) is 0. The molecule has 1 aliphatic rings. The number of rotatable bonds is 6. The molecule has 1 fully saturated rings. The Kier molecular flexibility index (Phi) is 6.03. The minimum absolute atomic E-state index is 0.0705. The van der Waals surface area contributed by atoms with Gasteiger partial charge < -0.3 is 20.1 Å². The third-order valence-electron chi connectivity index (χ3n) is 5.87. The molecule has 0 aliphatic carbocycles. The second-order valence-electron chi connectivity index (χ2n) is 7.93. The summed E-state index contributed by atoms with van der Waals surface area (Å²) in [6.45, 7) is 2.40. The maximum atomic E-state index is 13.6. The maximum Gasteiger partial charge on any atom is 0.262 e. The number of H-pyrrole nitrogens is 1. The number of carbonyl (C=O) groups is 2. The van der Waals surface area contributed by atoms with Crippen molar-refractivity contribution in [3.8, 4) is 0 Å². The number of para-hydroxylation sites is 1. The lowest BCUT2D eigenvalue weighted by Gasteiger charge is -2.36. The van der Waals surface area contributed by atoms with Crippen LogP contribution in [0.5, 0.6) is 0 Å². The zero-order chi connectivity index (χ0) is 22.6. The molecule has 4 heterocycles. The van der Waals surface area contributed by atoms with E-state index in [1.54, 1.807) is 24.5 Å². The van der Waals surface area contributed by atoms with Crippen molar-refractivity contribution in [1.82, 2.24) is 25.2 Å². The number of benzene rings is 1. The molecule has 2 N–H and O–H groups in total. The summed E-state index contributed by atoms with van der Waals surface area (Å²) in [6.07, 6.45) is 5.78. The minimum atomic E-state index is -0.654. The maximum absolute atomic E-state index is 13.6. The van der Waals surface area contributed by atoms with E-state index in [2.05, 4.69) is 25.2 Å². The van der Waals surface area contributed by atoms with Gasteiger partial charge in [-0.1, -0.05) is 24.3 Å². The molecule has 1 aromatic carbocycles. The molecular formula is C24H24N6O2S. The summed E-state index contributed by atoms with van der Waals surface area (Å²) >= 11 is 1.37. The summed E-state index contributed by atoms with van der Waals surface area (Å²) in [5.74, 6) is 0.379.